The van der Waals surface area contributed by atoms with Crippen LogP contribution in [0, 0.1) is 0 Å². The zero-order chi connectivity index (χ0) is 17.1. The molecule has 0 saturated carbocycles. The first-order valence-electron chi connectivity index (χ1n) is 6.72. The van der Waals surface area contributed by atoms with Crippen molar-refractivity contribution in [1.29, 1.82) is 0 Å². The lowest BCUT2D eigenvalue weighted by atomic mass is 10.1. The molecule has 0 aliphatic rings. The van der Waals surface area contributed by atoms with Crippen LogP contribution >= 0.6 is 12.6 Å². The van der Waals surface area contributed by atoms with Crippen LogP contribution < -0.4 is 17.2 Å². The molecule has 0 unspecified atom stereocenters. The van der Waals surface area contributed by atoms with Gasteiger partial charge in [0.15, 0.2) is 0 Å². The second-order valence-corrected chi connectivity index (χ2v) is 5.21. The largest absolute Gasteiger partial charge is 0.480 e. The van der Waals surface area contributed by atoms with Gasteiger partial charge in [-0.25, -0.2) is 0 Å². The minimum Gasteiger partial charge on any atom is -0.480 e. The van der Waals surface area contributed by atoms with Crippen LogP contribution in [0.5, 0.6) is 0 Å². The van der Waals surface area contributed by atoms with Gasteiger partial charge in [0.05, 0.1) is 0 Å². The zero-order valence-electron chi connectivity index (χ0n) is 12.2. The van der Waals surface area contributed by atoms with Crippen molar-refractivity contribution in [2.24, 2.45) is 17.2 Å². The van der Waals surface area contributed by atoms with E-state index in [1.54, 1.807) is 0 Å². The van der Waals surface area contributed by atoms with Gasteiger partial charge in [-0.3, -0.25) is 9.59 Å². The van der Waals surface area contributed by atoms with E-state index < -0.39 is 24.0 Å². The number of benzene rings is 1. The highest BCUT2D eigenvalue weighted by atomic mass is 32.1. The lowest BCUT2D eigenvalue weighted by Gasteiger charge is -2.06. The Morgan fingerprint density at radius 1 is 1.14 bits per heavy atom. The molecular formula is C14H23N3O4S. The van der Waals surface area contributed by atoms with E-state index >= 15 is 0 Å². The summed E-state index contributed by atoms with van der Waals surface area (Å²) in [7, 11) is 0. The molecule has 0 fully saturated rings. The van der Waals surface area contributed by atoms with E-state index in [-0.39, 0.29) is 0 Å². The van der Waals surface area contributed by atoms with Gasteiger partial charge in [-0.1, -0.05) is 12.1 Å². The Bertz CT molecular complexity index is 485. The van der Waals surface area contributed by atoms with Crippen LogP contribution in [0.1, 0.15) is 18.4 Å². The molecule has 0 saturated heterocycles. The maximum atomic E-state index is 10.4. The van der Waals surface area contributed by atoms with E-state index in [1.165, 1.54) is 0 Å². The maximum absolute atomic E-state index is 10.4. The van der Waals surface area contributed by atoms with E-state index in [9.17, 15) is 9.59 Å². The second-order valence-electron chi connectivity index (χ2n) is 4.69. The summed E-state index contributed by atoms with van der Waals surface area (Å²) in [6.45, 7) is 0.501. The molecule has 7 nitrogen and oxygen atoms in total. The van der Waals surface area contributed by atoms with Gasteiger partial charge in [0.2, 0.25) is 0 Å². The molecule has 1 rings (SSSR count). The van der Waals surface area contributed by atoms with E-state index in [0.29, 0.717) is 25.8 Å². The summed E-state index contributed by atoms with van der Waals surface area (Å²) in [6.07, 6.45) is 1.48. The molecule has 0 aliphatic heterocycles. The summed E-state index contributed by atoms with van der Waals surface area (Å²) in [4.78, 5) is 21.3. The first-order chi connectivity index (χ1) is 10.3. The third-order valence-corrected chi connectivity index (χ3v) is 3.00. The average Bonchev–Trinajstić information content (AvgIpc) is 2.45. The fourth-order valence-corrected chi connectivity index (χ4v) is 1.74. The van der Waals surface area contributed by atoms with Crippen LogP contribution in [0.4, 0.5) is 0 Å². The van der Waals surface area contributed by atoms with Crippen molar-refractivity contribution in [3.8, 4) is 0 Å². The monoisotopic (exact) mass is 329 g/mol. The van der Waals surface area contributed by atoms with Crippen molar-refractivity contribution in [2.75, 3.05) is 6.54 Å². The predicted molar refractivity (Wildman–Crippen MR) is 86.9 cm³/mol. The minimum atomic E-state index is -0.982. The number of hydrogen-bond donors (Lipinski definition) is 6. The fraction of sp³-hybridized carbons (Fsp3) is 0.429. The van der Waals surface area contributed by atoms with Crippen molar-refractivity contribution in [2.45, 2.75) is 36.2 Å². The molecule has 2 atom stereocenters. The summed E-state index contributed by atoms with van der Waals surface area (Å²) in [5.41, 5.74) is 16.5. The Hall–Kier alpha value is -1.61. The molecule has 0 radical (unpaired) electrons. The average molecular weight is 329 g/mol. The van der Waals surface area contributed by atoms with E-state index in [2.05, 4.69) is 12.6 Å². The summed E-state index contributed by atoms with van der Waals surface area (Å²) >= 11 is 4.14. The standard InChI is InChI=1S/C9H11NO2S.C5H12N2O2/c10-8(9(11)12)5-6-2-1-3-7(13)4-6;6-3-1-2-4(7)5(8)9/h1-4,8,13H,5,10H2,(H,11,12);4H,1-3,6-7H2,(H,8,9)/t8-;4-/m00/s1. The third kappa shape index (κ3) is 9.35. The Kier molecular flexibility index (Phi) is 10.2. The number of hydrogen-bond acceptors (Lipinski definition) is 6. The number of rotatable bonds is 7. The normalized spacial score (nSPS) is 12.7. The fourth-order valence-electron chi connectivity index (χ4n) is 1.49. The van der Waals surface area contributed by atoms with Crippen molar-refractivity contribution in [3.05, 3.63) is 29.8 Å². The van der Waals surface area contributed by atoms with E-state index in [4.69, 9.17) is 27.4 Å². The number of aliphatic carboxylic acids is 2. The van der Waals surface area contributed by atoms with Gasteiger partial charge in [0.25, 0.3) is 0 Å². The summed E-state index contributed by atoms with van der Waals surface area (Å²) in [5, 5.41) is 16.8. The number of carboxylic acid groups (broad SMARTS) is 2. The molecule has 0 bridgehead atoms. The molecule has 0 aliphatic carbocycles. The van der Waals surface area contributed by atoms with Crippen molar-refractivity contribution < 1.29 is 19.8 Å². The zero-order valence-corrected chi connectivity index (χ0v) is 13.1. The number of carbonyl (C=O) groups is 2. The lowest BCUT2D eigenvalue weighted by molar-refractivity contribution is -0.139. The Morgan fingerprint density at radius 3 is 2.18 bits per heavy atom. The van der Waals surface area contributed by atoms with E-state index in [1.807, 2.05) is 24.3 Å². The van der Waals surface area contributed by atoms with Crippen LogP contribution in [-0.2, 0) is 16.0 Å². The number of thiol groups is 1. The highest BCUT2D eigenvalue weighted by molar-refractivity contribution is 7.80. The molecule has 8 N–H and O–H groups in total. The van der Waals surface area contributed by atoms with Gasteiger partial charge >= 0.3 is 11.9 Å². The van der Waals surface area contributed by atoms with Gasteiger partial charge in [-0.05, 0) is 43.5 Å². The Morgan fingerprint density at radius 2 is 1.73 bits per heavy atom. The Balaban J connectivity index is 0.000000433. The smallest absolute Gasteiger partial charge is 0.320 e. The highest BCUT2D eigenvalue weighted by Crippen LogP contribution is 2.10. The van der Waals surface area contributed by atoms with Crippen LogP contribution in [0.2, 0.25) is 0 Å². The maximum Gasteiger partial charge on any atom is 0.320 e. The summed E-state index contributed by atoms with van der Waals surface area (Å²) < 4.78 is 0. The molecule has 0 heterocycles. The molecular weight excluding hydrogens is 306 g/mol. The van der Waals surface area contributed by atoms with Gasteiger partial charge in [0.1, 0.15) is 12.1 Å². The number of nitrogens with two attached hydrogens (primary N) is 3. The van der Waals surface area contributed by atoms with Crippen LogP contribution in [-0.4, -0.2) is 40.8 Å². The SMILES string of the molecule is NCCC[C@H](N)C(=O)O.N[C@@H](Cc1cccc(S)c1)C(=O)O. The topological polar surface area (TPSA) is 153 Å². The van der Waals surface area contributed by atoms with Crippen molar-refractivity contribution in [3.63, 3.8) is 0 Å². The Labute approximate surface area is 134 Å². The quantitative estimate of drug-likeness (QED) is 0.387. The molecule has 1 aromatic carbocycles. The highest BCUT2D eigenvalue weighted by Gasteiger charge is 2.11. The van der Waals surface area contributed by atoms with Crippen LogP contribution in [0.3, 0.4) is 0 Å². The lowest BCUT2D eigenvalue weighted by Crippen LogP contribution is -2.32. The first-order valence-corrected chi connectivity index (χ1v) is 7.17. The predicted octanol–water partition coefficient (Wildman–Crippen LogP) is 0.0669. The summed E-state index contributed by atoms with van der Waals surface area (Å²) in [5.74, 6) is -1.94. The molecule has 0 amide bonds. The van der Waals surface area contributed by atoms with E-state index in [0.717, 1.165) is 10.5 Å². The molecule has 0 aromatic heterocycles. The van der Waals surface area contributed by atoms with Crippen molar-refractivity contribution >= 4 is 24.6 Å². The first kappa shape index (κ1) is 20.4. The summed E-state index contributed by atoms with van der Waals surface area (Å²) in [6, 6.07) is 5.73. The minimum absolute atomic E-state index is 0.337. The molecule has 124 valence electrons. The molecule has 8 heteroatoms. The van der Waals surface area contributed by atoms with Crippen LogP contribution in [0.25, 0.3) is 0 Å². The molecule has 0 spiro atoms. The van der Waals surface area contributed by atoms with Crippen molar-refractivity contribution in [1.82, 2.24) is 0 Å². The third-order valence-electron chi connectivity index (χ3n) is 2.72. The second kappa shape index (κ2) is 11.0. The van der Waals surface area contributed by atoms with Crippen LogP contribution in [0.15, 0.2) is 29.2 Å². The molecule has 22 heavy (non-hydrogen) atoms. The number of carboxylic acids is 2. The van der Waals surface area contributed by atoms with Gasteiger partial charge < -0.3 is 27.4 Å². The van der Waals surface area contributed by atoms with Gasteiger partial charge in [0, 0.05) is 4.90 Å². The van der Waals surface area contributed by atoms with Gasteiger partial charge in [-0.2, -0.15) is 0 Å². The molecule has 1 aromatic rings. The van der Waals surface area contributed by atoms with Gasteiger partial charge in [-0.15, -0.1) is 12.6 Å².